The second-order valence-electron chi connectivity index (χ2n) is 6.30. The standard InChI is InChI=1S/C17H28N6O8/c1-10(24)5-19-13(26)7-21-15(28)9-23-16(29)8-22-14(27)6-20-12(25)4-3-11(18-2)17(30)31/h11,18H,3-9H2,1-2H3,(H,19,26)(H,20,25)(H,21,28)(H,22,27)(H,23,29)(H,30,31)/t11-/m0/s1. The van der Waals surface area contributed by atoms with Crippen LogP contribution in [0.4, 0.5) is 0 Å². The van der Waals surface area contributed by atoms with Crippen LogP contribution in [0.25, 0.3) is 0 Å². The largest absolute Gasteiger partial charge is 0.480 e. The van der Waals surface area contributed by atoms with Crippen LogP contribution in [0.1, 0.15) is 19.8 Å². The predicted molar refractivity (Wildman–Crippen MR) is 105 cm³/mol. The van der Waals surface area contributed by atoms with Crippen LogP contribution in [0.5, 0.6) is 0 Å². The van der Waals surface area contributed by atoms with Crippen molar-refractivity contribution < 1.29 is 38.7 Å². The molecule has 31 heavy (non-hydrogen) atoms. The van der Waals surface area contributed by atoms with E-state index in [4.69, 9.17) is 5.11 Å². The summed E-state index contributed by atoms with van der Waals surface area (Å²) >= 11 is 0. The van der Waals surface area contributed by atoms with Crippen molar-refractivity contribution in [2.45, 2.75) is 25.8 Å². The maximum absolute atomic E-state index is 11.6. The van der Waals surface area contributed by atoms with Gasteiger partial charge in [0, 0.05) is 6.42 Å². The smallest absolute Gasteiger partial charge is 0.320 e. The number of carboxylic acids is 1. The molecule has 0 fully saturated rings. The predicted octanol–water partition coefficient (Wildman–Crippen LogP) is -4.39. The van der Waals surface area contributed by atoms with E-state index in [2.05, 4.69) is 31.9 Å². The molecule has 174 valence electrons. The molecule has 7 N–H and O–H groups in total. The van der Waals surface area contributed by atoms with E-state index in [0.29, 0.717) is 0 Å². The van der Waals surface area contributed by atoms with Gasteiger partial charge in [-0.25, -0.2) is 0 Å². The Morgan fingerprint density at radius 3 is 1.32 bits per heavy atom. The van der Waals surface area contributed by atoms with Crippen molar-refractivity contribution in [1.29, 1.82) is 0 Å². The molecule has 14 heteroatoms. The molecule has 0 spiro atoms. The third-order valence-electron chi connectivity index (χ3n) is 3.63. The lowest BCUT2D eigenvalue weighted by atomic mass is 10.1. The van der Waals surface area contributed by atoms with Gasteiger partial charge in [-0.05, 0) is 20.4 Å². The number of carboxylic acid groups (broad SMARTS) is 1. The summed E-state index contributed by atoms with van der Waals surface area (Å²) in [6.07, 6.45) is -0.0599. The van der Waals surface area contributed by atoms with E-state index in [1.165, 1.54) is 14.0 Å². The highest BCUT2D eigenvalue weighted by molar-refractivity contribution is 5.91. The molecule has 5 amide bonds. The molecular weight excluding hydrogens is 416 g/mol. The highest BCUT2D eigenvalue weighted by Gasteiger charge is 2.16. The van der Waals surface area contributed by atoms with E-state index in [9.17, 15) is 33.6 Å². The van der Waals surface area contributed by atoms with E-state index in [-0.39, 0.29) is 31.7 Å². The Morgan fingerprint density at radius 2 is 1.00 bits per heavy atom. The van der Waals surface area contributed by atoms with Crippen molar-refractivity contribution >= 4 is 41.3 Å². The molecular formula is C17H28N6O8. The molecule has 0 unspecified atom stereocenters. The van der Waals surface area contributed by atoms with E-state index < -0.39 is 61.2 Å². The average Bonchev–Trinajstić information content (AvgIpc) is 2.71. The Balaban J connectivity index is 3.93. The van der Waals surface area contributed by atoms with Gasteiger partial charge in [-0.2, -0.15) is 0 Å². The minimum Gasteiger partial charge on any atom is -0.480 e. The Kier molecular flexibility index (Phi) is 13.6. The minimum absolute atomic E-state index is 0.0438. The third-order valence-corrected chi connectivity index (χ3v) is 3.63. The Hall–Kier alpha value is -3.55. The van der Waals surface area contributed by atoms with Crippen LogP contribution < -0.4 is 31.9 Å². The quantitative estimate of drug-likeness (QED) is 0.130. The molecule has 0 aromatic heterocycles. The van der Waals surface area contributed by atoms with Gasteiger partial charge in [0.25, 0.3) is 0 Å². The number of ketones is 1. The van der Waals surface area contributed by atoms with Crippen LogP contribution in [0, 0.1) is 0 Å². The van der Waals surface area contributed by atoms with E-state index in [1.807, 2.05) is 0 Å². The summed E-state index contributed by atoms with van der Waals surface area (Å²) in [7, 11) is 1.45. The molecule has 14 nitrogen and oxygen atoms in total. The molecule has 0 saturated heterocycles. The Labute approximate surface area is 178 Å². The first-order valence-electron chi connectivity index (χ1n) is 9.28. The zero-order valence-electron chi connectivity index (χ0n) is 17.3. The Morgan fingerprint density at radius 1 is 0.645 bits per heavy atom. The van der Waals surface area contributed by atoms with Crippen LogP contribution in [0.15, 0.2) is 0 Å². The molecule has 0 heterocycles. The monoisotopic (exact) mass is 444 g/mol. The van der Waals surface area contributed by atoms with E-state index in [0.717, 1.165) is 0 Å². The number of nitrogens with one attached hydrogen (secondary N) is 6. The maximum Gasteiger partial charge on any atom is 0.320 e. The van der Waals surface area contributed by atoms with Crippen LogP contribution in [-0.4, -0.2) is 92.2 Å². The van der Waals surface area contributed by atoms with Crippen molar-refractivity contribution in [1.82, 2.24) is 31.9 Å². The normalized spacial score (nSPS) is 10.9. The van der Waals surface area contributed by atoms with Gasteiger partial charge < -0.3 is 37.0 Å². The maximum atomic E-state index is 11.6. The number of carbonyl (C=O) groups excluding carboxylic acids is 6. The minimum atomic E-state index is -1.09. The number of Topliss-reactive ketones (excluding diaryl/α,β-unsaturated/α-hetero) is 1. The Bertz CT molecular complexity index is 696. The zero-order valence-corrected chi connectivity index (χ0v) is 17.3. The molecule has 0 radical (unpaired) electrons. The summed E-state index contributed by atoms with van der Waals surface area (Å²) in [6, 6.07) is -0.879. The number of rotatable bonds is 15. The van der Waals surface area contributed by atoms with Crippen molar-refractivity contribution in [3.63, 3.8) is 0 Å². The van der Waals surface area contributed by atoms with Crippen molar-refractivity contribution in [3.05, 3.63) is 0 Å². The van der Waals surface area contributed by atoms with Gasteiger partial charge in [0.15, 0.2) is 0 Å². The molecule has 0 aliphatic rings. The summed E-state index contributed by atoms with van der Waals surface area (Å²) in [5, 5.41) is 22.6. The molecule has 0 aromatic rings. The molecule has 1 atom stereocenters. The lowest BCUT2D eigenvalue weighted by Crippen LogP contribution is -2.46. The topological polar surface area (TPSA) is 212 Å². The number of amides is 5. The van der Waals surface area contributed by atoms with Gasteiger partial charge in [-0.15, -0.1) is 0 Å². The van der Waals surface area contributed by atoms with Crippen molar-refractivity contribution in [2.75, 3.05) is 39.8 Å². The lowest BCUT2D eigenvalue weighted by molar-refractivity contribution is -0.139. The van der Waals surface area contributed by atoms with Crippen LogP contribution >= 0.6 is 0 Å². The highest BCUT2D eigenvalue weighted by Crippen LogP contribution is 1.96. The SMILES string of the molecule is CN[C@@H](CCC(=O)NCC(=O)NCC(=O)NCC(=O)NCC(=O)NCC(C)=O)C(=O)O. The summed E-state index contributed by atoms with van der Waals surface area (Å²) < 4.78 is 0. The van der Waals surface area contributed by atoms with E-state index in [1.54, 1.807) is 0 Å². The first-order chi connectivity index (χ1) is 14.5. The molecule has 0 bridgehead atoms. The van der Waals surface area contributed by atoms with Gasteiger partial charge in [0.05, 0.1) is 32.7 Å². The van der Waals surface area contributed by atoms with Gasteiger partial charge in [-0.1, -0.05) is 0 Å². The number of likely N-dealkylation sites (N-methyl/N-ethyl adjacent to an activating group) is 1. The second-order valence-corrected chi connectivity index (χ2v) is 6.30. The second kappa shape index (κ2) is 15.3. The zero-order chi connectivity index (χ0) is 23.8. The van der Waals surface area contributed by atoms with Crippen LogP contribution in [-0.2, 0) is 33.6 Å². The summed E-state index contributed by atoms with van der Waals surface area (Å²) in [4.78, 5) is 79.2. The van der Waals surface area contributed by atoms with Gasteiger partial charge in [0.1, 0.15) is 11.8 Å². The van der Waals surface area contributed by atoms with Crippen molar-refractivity contribution in [3.8, 4) is 0 Å². The number of hydrogen-bond acceptors (Lipinski definition) is 8. The fourth-order valence-electron chi connectivity index (χ4n) is 1.94. The highest BCUT2D eigenvalue weighted by atomic mass is 16.4. The van der Waals surface area contributed by atoms with Crippen molar-refractivity contribution in [2.24, 2.45) is 0 Å². The molecule has 0 aromatic carbocycles. The van der Waals surface area contributed by atoms with Crippen LogP contribution in [0.2, 0.25) is 0 Å². The average molecular weight is 444 g/mol. The van der Waals surface area contributed by atoms with Gasteiger partial charge in [-0.3, -0.25) is 33.6 Å². The number of hydrogen-bond donors (Lipinski definition) is 7. The number of carbonyl (C=O) groups is 7. The lowest BCUT2D eigenvalue weighted by Gasteiger charge is -2.11. The summed E-state index contributed by atoms with van der Waals surface area (Å²) in [5.74, 6) is -4.39. The van der Waals surface area contributed by atoms with Gasteiger partial charge >= 0.3 is 5.97 Å². The fraction of sp³-hybridized carbons (Fsp3) is 0.588. The third kappa shape index (κ3) is 15.0. The summed E-state index contributed by atoms with van der Waals surface area (Å²) in [6.45, 7) is -0.490. The first-order valence-corrected chi connectivity index (χ1v) is 9.28. The van der Waals surface area contributed by atoms with Gasteiger partial charge in [0.2, 0.25) is 29.5 Å². The fourth-order valence-corrected chi connectivity index (χ4v) is 1.94. The number of aliphatic carboxylic acids is 1. The first kappa shape index (κ1) is 27.5. The van der Waals surface area contributed by atoms with Crippen LogP contribution in [0.3, 0.4) is 0 Å². The molecule has 0 rings (SSSR count). The summed E-state index contributed by atoms with van der Waals surface area (Å²) in [5.41, 5.74) is 0. The molecule has 0 aliphatic heterocycles. The molecule has 0 aliphatic carbocycles. The van der Waals surface area contributed by atoms with E-state index >= 15 is 0 Å². The molecule has 0 saturated carbocycles.